The molecule has 2 fully saturated rings. The van der Waals surface area contributed by atoms with Crippen molar-refractivity contribution >= 4 is 9.84 Å². The Labute approximate surface area is 203 Å². The van der Waals surface area contributed by atoms with Gasteiger partial charge in [0.1, 0.15) is 5.82 Å². The zero-order chi connectivity index (χ0) is 25.0. The number of hydrogen-bond acceptors (Lipinski definition) is 4. The molecule has 0 aliphatic heterocycles. The molecule has 2 saturated carbocycles. The molecule has 0 amide bonds. The predicted molar refractivity (Wildman–Crippen MR) is 127 cm³/mol. The van der Waals surface area contributed by atoms with E-state index in [2.05, 4.69) is 10.2 Å². The number of alkyl halides is 3. The van der Waals surface area contributed by atoms with E-state index >= 15 is 0 Å². The van der Waals surface area contributed by atoms with Gasteiger partial charge in [0.25, 0.3) is 0 Å². The number of hydrogen-bond donors (Lipinski definition) is 0. The SMILES string of the molecule is Cn1c(-c2ccccc2C(F)(F)F)nnc1C12CCCC(C1)C(c1ccc(S(C)(=O)=O)cc1)CC2. The van der Waals surface area contributed by atoms with Gasteiger partial charge in [-0.1, -0.05) is 36.8 Å². The van der Waals surface area contributed by atoms with Crippen LogP contribution in [0.5, 0.6) is 0 Å². The van der Waals surface area contributed by atoms with E-state index in [1.54, 1.807) is 29.8 Å². The van der Waals surface area contributed by atoms with Gasteiger partial charge in [0.05, 0.1) is 10.5 Å². The molecule has 0 N–H and O–H groups in total. The van der Waals surface area contributed by atoms with E-state index in [9.17, 15) is 21.6 Å². The summed E-state index contributed by atoms with van der Waals surface area (Å²) in [6.07, 6.45) is 2.46. The second-order valence-electron chi connectivity index (χ2n) is 10.1. The minimum Gasteiger partial charge on any atom is -0.314 e. The zero-order valence-corrected chi connectivity index (χ0v) is 20.5. The van der Waals surface area contributed by atoms with Crippen LogP contribution >= 0.6 is 0 Å². The van der Waals surface area contributed by atoms with Crippen LogP contribution in [-0.4, -0.2) is 29.4 Å². The third-order valence-corrected chi connectivity index (χ3v) is 9.07. The minimum absolute atomic E-state index is 0.0460. The molecule has 5 rings (SSSR count). The van der Waals surface area contributed by atoms with E-state index in [-0.39, 0.29) is 16.8 Å². The summed E-state index contributed by atoms with van der Waals surface area (Å²) in [7, 11) is -1.47. The molecule has 35 heavy (non-hydrogen) atoms. The van der Waals surface area contributed by atoms with Crippen molar-refractivity contribution in [1.82, 2.24) is 14.8 Å². The van der Waals surface area contributed by atoms with Gasteiger partial charge >= 0.3 is 6.18 Å². The molecule has 3 atom stereocenters. The van der Waals surface area contributed by atoms with Crippen molar-refractivity contribution in [2.75, 3.05) is 6.26 Å². The summed E-state index contributed by atoms with van der Waals surface area (Å²) in [5.41, 5.74) is 0.280. The van der Waals surface area contributed by atoms with Crippen molar-refractivity contribution < 1.29 is 21.6 Å². The van der Waals surface area contributed by atoms with Gasteiger partial charge in [0.2, 0.25) is 0 Å². The Bertz CT molecular complexity index is 1350. The molecule has 0 saturated heterocycles. The first-order valence-electron chi connectivity index (χ1n) is 11.9. The quantitative estimate of drug-likeness (QED) is 0.444. The summed E-state index contributed by atoms with van der Waals surface area (Å²) < 4.78 is 66.3. The Hall–Kier alpha value is -2.68. The standard InChI is InChI=1S/C26H28F3N3O2S/c1-32-23(21-7-3-4-8-22(21)26(27,28)29)30-31-24(32)25-14-5-6-18(16-25)20(13-15-25)17-9-11-19(12-10-17)35(2,33)34/h3-4,7-12,18,20H,5-6,13-16H2,1-2H3. The maximum Gasteiger partial charge on any atom is 0.417 e. The van der Waals surface area contributed by atoms with Gasteiger partial charge in [0.15, 0.2) is 15.7 Å². The molecule has 1 aromatic heterocycles. The fourth-order valence-electron chi connectivity index (χ4n) is 6.31. The first kappa shape index (κ1) is 24.0. The fourth-order valence-corrected chi connectivity index (χ4v) is 6.94. The first-order valence-corrected chi connectivity index (χ1v) is 13.8. The summed E-state index contributed by atoms with van der Waals surface area (Å²) in [5.74, 6) is 1.74. The number of fused-ring (bicyclic) bond motifs is 2. The summed E-state index contributed by atoms with van der Waals surface area (Å²) >= 11 is 0. The molecule has 186 valence electrons. The van der Waals surface area contributed by atoms with Crippen LogP contribution in [0.1, 0.15) is 61.4 Å². The van der Waals surface area contributed by atoms with Crippen LogP contribution in [0.3, 0.4) is 0 Å². The summed E-state index contributed by atoms with van der Waals surface area (Å²) in [5, 5.41) is 8.71. The topological polar surface area (TPSA) is 64.8 Å². The van der Waals surface area contributed by atoms with Crippen LogP contribution in [0.25, 0.3) is 11.4 Å². The van der Waals surface area contributed by atoms with Crippen molar-refractivity contribution in [3.63, 3.8) is 0 Å². The lowest BCUT2D eigenvalue weighted by Crippen LogP contribution is -2.41. The third kappa shape index (κ3) is 4.28. The number of halogens is 3. The average molecular weight is 504 g/mol. The summed E-state index contributed by atoms with van der Waals surface area (Å²) in [6, 6.07) is 12.7. The normalized spacial score (nSPS) is 24.9. The predicted octanol–water partition coefficient (Wildman–Crippen LogP) is 5.91. The Morgan fingerprint density at radius 3 is 2.40 bits per heavy atom. The minimum atomic E-state index is -4.47. The number of aromatic nitrogens is 3. The van der Waals surface area contributed by atoms with Gasteiger partial charge in [-0.25, -0.2) is 8.42 Å². The zero-order valence-electron chi connectivity index (χ0n) is 19.7. The maximum atomic E-state index is 13.6. The Morgan fingerprint density at radius 1 is 1.00 bits per heavy atom. The molecular weight excluding hydrogens is 475 g/mol. The Kier molecular flexibility index (Phi) is 5.81. The van der Waals surface area contributed by atoms with Crippen molar-refractivity contribution in [2.24, 2.45) is 13.0 Å². The van der Waals surface area contributed by atoms with Crippen LogP contribution in [0.2, 0.25) is 0 Å². The monoisotopic (exact) mass is 503 g/mol. The lowest BCUT2D eigenvalue weighted by Gasteiger charge is -2.48. The summed E-state index contributed by atoms with van der Waals surface area (Å²) in [4.78, 5) is 0.320. The average Bonchev–Trinajstić information content (AvgIpc) is 3.20. The number of sulfone groups is 1. The second kappa shape index (κ2) is 8.47. The molecule has 2 aliphatic rings. The maximum absolute atomic E-state index is 13.6. The molecule has 0 radical (unpaired) electrons. The summed E-state index contributed by atoms with van der Waals surface area (Å²) in [6.45, 7) is 0. The van der Waals surface area contributed by atoms with Crippen LogP contribution in [0, 0.1) is 5.92 Å². The van der Waals surface area contributed by atoms with Gasteiger partial charge in [-0.15, -0.1) is 10.2 Å². The highest BCUT2D eigenvalue weighted by Gasteiger charge is 2.48. The smallest absolute Gasteiger partial charge is 0.314 e. The third-order valence-electron chi connectivity index (χ3n) is 7.95. The second-order valence-corrected chi connectivity index (χ2v) is 12.1. The lowest BCUT2D eigenvalue weighted by molar-refractivity contribution is -0.137. The van der Waals surface area contributed by atoms with Gasteiger partial charge in [-0.05, 0) is 67.7 Å². The molecule has 1 heterocycles. The highest BCUT2D eigenvalue weighted by atomic mass is 32.2. The van der Waals surface area contributed by atoms with Crippen molar-refractivity contribution in [1.29, 1.82) is 0 Å². The van der Waals surface area contributed by atoms with Crippen LogP contribution in [-0.2, 0) is 28.5 Å². The van der Waals surface area contributed by atoms with E-state index in [1.807, 2.05) is 12.1 Å². The molecule has 2 bridgehead atoms. The molecule has 2 aliphatic carbocycles. The molecule has 5 nitrogen and oxygen atoms in total. The number of benzene rings is 2. The van der Waals surface area contributed by atoms with E-state index < -0.39 is 21.6 Å². The van der Waals surface area contributed by atoms with Crippen LogP contribution in [0.15, 0.2) is 53.4 Å². The van der Waals surface area contributed by atoms with Crippen LogP contribution in [0.4, 0.5) is 13.2 Å². The fraction of sp³-hybridized carbons (Fsp3) is 0.462. The largest absolute Gasteiger partial charge is 0.417 e. The molecule has 2 aromatic carbocycles. The van der Waals surface area contributed by atoms with E-state index in [0.717, 1.165) is 56.0 Å². The molecular formula is C26H28F3N3O2S. The highest BCUT2D eigenvalue weighted by molar-refractivity contribution is 7.90. The van der Waals surface area contributed by atoms with E-state index in [4.69, 9.17) is 0 Å². The van der Waals surface area contributed by atoms with E-state index in [1.165, 1.54) is 18.4 Å². The Morgan fingerprint density at radius 2 is 1.71 bits per heavy atom. The van der Waals surface area contributed by atoms with Crippen LogP contribution < -0.4 is 0 Å². The van der Waals surface area contributed by atoms with Gasteiger partial charge in [0, 0.05) is 24.3 Å². The van der Waals surface area contributed by atoms with Crippen molar-refractivity contribution in [3.8, 4) is 11.4 Å². The number of nitrogens with zero attached hydrogens (tertiary/aromatic N) is 3. The molecule has 3 unspecified atom stereocenters. The van der Waals surface area contributed by atoms with Gasteiger partial charge in [-0.3, -0.25) is 0 Å². The van der Waals surface area contributed by atoms with Gasteiger partial charge < -0.3 is 4.57 Å². The van der Waals surface area contributed by atoms with Gasteiger partial charge in [-0.2, -0.15) is 13.2 Å². The van der Waals surface area contributed by atoms with E-state index in [0.29, 0.717) is 16.7 Å². The Balaban J connectivity index is 1.45. The molecule has 9 heteroatoms. The lowest BCUT2D eigenvalue weighted by atomic mass is 9.57. The molecule has 3 aromatic rings. The first-order chi connectivity index (χ1) is 16.5. The highest BCUT2D eigenvalue weighted by Crippen LogP contribution is 2.55. The number of rotatable bonds is 4. The van der Waals surface area contributed by atoms with Crippen molar-refractivity contribution in [3.05, 3.63) is 65.5 Å². The molecule has 0 spiro atoms. The van der Waals surface area contributed by atoms with Crippen molar-refractivity contribution in [2.45, 2.75) is 60.9 Å².